The molecule has 0 atom stereocenters. The van der Waals surface area contributed by atoms with E-state index >= 15 is 0 Å². The van der Waals surface area contributed by atoms with Gasteiger partial charge in [0.1, 0.15) is 11.6 Å². The number of nitrogens with one attached hydrogen (secondary N) is 1. The first kappa shape index (κ1) is 18.2. The lowest BCUT2D eigenvalue weighted by Crippen LogP contribution is -2.26. The Morgan fingerprint density at radius 2 is 2.08 bits per heavy atom. The van der Waals surface area contributed by atoms with Crippen molar-refractivity contribution in [1.82, 2.24) is 10.3 Å². The first-order valence-electron chi connectivity index (χ1n) is 7.75. The smallest absolute Gasteiger partial charge is 0.285 e. The summed E-state index contributed by atoms with van der Waals surface area (Å²) in [6, 6.07) is 7.93. The zero-order chi connectivity index (χ0) is 18.4. The van der Waals surface area contributed by atoms with Gasteiger partial charge < -0.3 is 15.0 Å². The summed E-state index contributed by atoms with van der Waals surface area (Å²) in [5.41, 5.74) is 0.435. The number of hydrogen-bond donors (Lipinski definition) is 1. The zero-order valence-electron chi connectivity index (χ0n) is 14.4. The first-order valence-corrected chi connectivity index (χ1v) is 7.75. The van der Waals surface area contributed by atoms with E-state index in [-0.39, 0.29) is 23.5 Å². The number of benzene rings is 1. The minimum Gasteiger partial charge on any atom is -0.493 e. The molecule has 2 rings (SSSR count). The topological polar surface area (TPSA) is 97.6 Å². The SMILES string of the molecule is CCOc1cccc([N+](=O)[O-])c1C(=O)NCc1cccnc1N(C)C. The van der Waals surface area contributed by atoms with Gasteiger partial charge in [-0.1, -0.05) is 12.1 Å². The van der Waals surface area contributed by atoms with Gasteiger partial charge in [-0.05, 0) is 19.1 Å². The summed E-state index contributed by atoms with van der Waals surface area (Å²) in [4.78, 5) is 29.3. The molecule has 25 heavy (non-hydrogen) atoms. The average Bonchev–Trinajstić information content (AvgIpc) is 2.59. The fraction of sp³-hybridized carbons (Fsp3) is 0.294. The highest BCUT2D eigenvalue weighted by molar-refractivity contribution is 6.00. The monoisotopic (exact) mass is 344 g/mol. The van der Waals surface area contributed by atoms with Gasteiger partial charge in [-0.3, -0.25) is 14.9 Å². The molecule has 0 fully saturated rings. The lowest BCUT2D eigenvalue weighted by atomic mass is 10.1. The third-order valence-corrected chi connectivity index (χ3v) is 3.46. The van der Waals surface area contributed by atoms with Gasteiger partial charge in [-0.25, -0.2) is 4.98 Å². The molecule has 0 unspecified atom stereocenters. The third kappa shape index (κ3) is 4.23. The van der Waals surface area contributed by atoms with Crippen LogP contribution in [-0.2, 0) is 6.54 Å². The van der Waals surface area contributed by atoms with Crippen molar-refractivity contribution in [3.63, 3.8) is 0 Å². The van der Waals surface area contributed by atoms with E-state index in [1.807, 2.05) is 25.1 Å². The minimum absolute atomic E-state index is 0.0790. The van der Waals surface area contributed by atoms with Crippen molar-refractivity contribution in [2.45, 2.75) is 13.5 Å². The Morgan fingerprint density at radius 1 is 1.32 bits per heavy atom. The summed E-state index contributed by atoms with van der Waals surface area (Å²) in [5, 5.41) is 14.0. The third-order valence-electron chi connectivity index (χ3n) is 3.46. The average molecular weight is 344 g/mol. The largest absolute Gasteiger partial charge is 0.493 e. The van der Waals surface area contributed by atoms with Crippen LogP contribution < -0.4 is 15.0 Å². The van der Waals surface area contributed by atoms with Gasteiger partial charge in [0, 0.05) is 38.5 Å². The van der Waals surface area contributed by atoms with Crippen LogP contribution in [0.15, 0.2) is 36.5 Å². The number of aromatic nitrogens is 1. The highest BCUT2D eigenvalue weighted by Crippen LogP contribution is 2.28. The Kier molecular flexibility index (Phi) is 5.89. The summed E-state index contributed by atoms with van der Waals surface area (Å²) in [6.07, 6.45) is 1.66. The van der Waals surface area contributed by atoms with Crippen LogP contribution in [0.2, 0.25) is 0 Å². The highest BCUT2D eigenvalue weighted by Gasteiger charge is 2.25. The number of anilines is 1. The van der Waals surface area contributed by atoms with Crippen LogP contribution in [0.1, 0.15) is 22.8 Å². The number of nitro benzene ring substituents is 1. The van der Waals surface area contributed by atoms with E-state index in [4.69, 9.17) is 4.74 Å². The van der Waals surface area contributed by atoms with Crippen molar-refractivity contribution in [3.8, 4) is 5.75 Å². The Labute approximate surface area is 145 Å². The highest BCUT2D eigenvalue weighted by atomic mass is 16.6. The fourth-order valence-electron chi connectivity index (χ4n) is 2.41. The summed E-state index contributed by atoms with van der Waals surface area (Å²) in [5.74, 6) is 0.341. The molecule has 2 aromatic rings. The summed E-state index contributed by atoms with van der Waals surface area (Å²) >= 11 is 0. The van der Waals surface area contributed by atoms with Crippen molar-refractivity contribution in [2.75, 3.05) is 25.6 Å². The van der Waals surface area contributed by atoms with Crippen LogP contribution in [0, 0.1) is 10.1 Å². The lowest BCUT2D eigenvalue weighted by Gasteiger charge is -2.16. The van der Waals surface area contributed by atoms with Gasteiger partial charge in [0.25, 0.3) is 11.6 Å². The summed E-state index contributed by atoms with van der Waals surface area (Å²) in [7, 11) is 3.70. The van der Waals surface area contributed by atoms with Crippen molar-refractivity contribution in [2.24, 2.45) is 0 Å². The molecule has 0 aliphatic rings. The van der Waals surface area contributed by atoms with Gasteiger partial charge in [0.05, 0.1) is 11.5 Å². The van der Waals surface area contributed by atoms with Crippen molar-refractivity contribution < 1.29 is 14.5 Å². The van der Waals surface area contributed by atoms with Crippen LogP contribution in [0.5, 0.6) is 5.75 Å². The number of ether oxygens (including phenoxy) is 1. The number of rotatable bonds is 7. The lowest BCUT2D eigenvalue weighted by molar-refractivity contribution is -0.385. The number of carbonyl (C=O) groups is 1. The van der Waals surface area contributed by atoms with E-state index in [0.717, 1.165) is 11.4 Å². The van der Waals surface area contributed by atoms with Gasteiger partial charge in [0.2, 0.25) is 0 Å². The maximum Gasteiger partial charge on any atom is 0.285 e. The van der Waals surface area contributed by atoms with Crippen molar-refractivity contribution in [3.05, 3.63) is 57.8 Å². The Hall–Kier alpha value is -3.16. The molecule has 1 aromatic carbocycles. The Bertz CT molecular complexity index is 777. The molecule has 8 nitrogen and oxygen atoms in total. The molecule has 1 heterocycles. The minimum atomic E-state index is -0.591. The van der Waals surface area contributed by atoms with Gasteiger partial charge in [-0.15, -0.1) is 0 Å². The maximum absolute atomic E-state index is 12.6. The van der Waals surface area contributed by atoms with E-state index in [1.54, 1.807) is 25.3 Å². The number of nitrogens with zero attached hydrogens (tertiary/aromatic N) is 3. The number of amides is 1. The number of carbonyl (C=O) groups excluding carboxylic acids is 1. The standard InChI is InChI=1S/C17H20N4O4/c1-4-25-14-9-5-8-13(21(23)24)15(14)17(22)19-11-12-7-6-10-18-16(12)20(2)3/h5-10H,4,11H2,1-3H3,(H,19,22). The second-order valence-electron chi connectivity index (χ2n) is 5.40. The van der Waals surface area contributed by atoms with E-state index in [0.29, 0.717) is 6.61 Å². The molecule has 0 aliphatic heterocycles. The van der Waals surface area contributed by atoms with Gasteiger partial charge >= 0.3 is 0 Å². The summed E-state index contributed by atoms with van der Waals surface area (Å²) < 4.78 is 5.38. The first-order chi connectivity index (χ1) is 12.0. The molecule has 0 spiro atoms. The maximum atomic E-state index is 12.6. The van der Waals surface area contributed by atoms with Crippen molar-refractivity contribution >= 4 is 17.4 Å². The molecule has 8 heteroatoms. The molecule has 0 saturated heterocycles. The quantitative estimate of drug-likeness (QED) is 0.612. The van der Waals surface area contributed by atoms with Crippen LogP contribution in [-0.4, -0.2) is 36.5 Å². The molecule has 1 aromatic heterocycles. The normalized spacial score (nSPS) is 10.2. The molecule has 0 saturated carbocycles. The van der Waals surface area contributed by atoms with E-state index in [9.17, 15) is 14.9 Å². The van der Waals surface area contributed by atoms with E-state index < -0.39 is 10.8 Å². The van der Waals surface area contributed by atoms with Crippen molar-refractivity contribution in [1.29, 1.82) is 0 Å². The molecule has 0 radical (unpaired) electrons. The number of pyridine rings is 1. The van der Waals surface area contributed by atoms with Crippen LogP contribution in [0.4, 0.5) is 11.5 Å². The Balaban J connectivity index is 2.28. The molecular weight excluding hydrogens is 324 g/mol. The summed E-state index contributed by atoms with van der Waals surface area (Å²) in [6.45, 7) is 2.24. The second kappa shape index (κ2) is 8.09. The van der Waals surface area contributed by atoms with E-state index in [2.05, 4.69) is 10.3 Å². The molecule has 0 aliphatic carbocycles. The fourth-order valence-corrected chi connectivity index (χ4v) is 2.41. The number of nitro groups is 1. The second-order valence-corrected chi connectivity index (χ2v) is 5.40. The van der Waals surface area contributed by atoms with Gasteiger partial charge in [-0.2, -0.15) is 0 Å². The molecular formula is C17H20N4O4. The van der Waals surface area contributed by atoms with E-state index in [1.165, 1.54) is 12.1 Å². The van der Waals surface area contributed by atoms with Crippen LogP contribution in [0.3, 0.4) is 0 Å². The van der Waals surface area contributed by atoms with Crippen LogP contribution >= 0.6 is 0 Å². The predicted molar refractivity (Wildman–Crippen MR) is 94.0 cm³/mol. The number of hydrogen-bond acceptors (Lipinski definition) is 6. The van der Waals surface area contributed by atoms with Crippen LogP contribution in [0.25, 0.3) is 0 Å². The predicted octanol–water partition coefficient (Wildman–Crippen LogP) is 2.38. The molecule has 1 amide bonds. The Morgan fingerprint density at radius 3 is 2.72 bits per heavy atom. The van der Waals surface area contributed by atoms with Gasteiger partial charge in [0.15, 0.2) is 5.56 Å². The molecule has 1 N–H and O–H groups in total. The zero-order valence-corrected chi connectivity index (χ0v) is 14.4. The molecule has 0 bridgehead atoms. The molecule has 132 valence electrons.